The Labute approximate surface area is 147 Å². The lowest BCUT2D eigenvalue weighted by molar-refractivity contribution is 0.252. The van der Waals surface area contributed by atoms with Gasteiger partial charge in [-0.05, 0) is 24.1 Å². The van der Waals surface area contributed by atoms with E-state index in [-0.39, 0.29) is 11.4 Å². The van der Waals surface area contributed by atoms with Gasteiger partial charge in [0.25, 0.3) is 0 Å². The number of urea groups is 1. The average molecular weight is 347 g/mol. The molecule has 0 aliphatic rings. The molecule has 1 aromatic heterocycles. The van der Waals surface area contributed by atoms with Gasteiger partial charge in [-0.25, -0.2) is 4.79 Å². The van der Waals surface area contributed by atoms with Crippen molar-refractivity contribution in [3.8, 4) is 11.5 Å². The van der Waals surface area contributed by atoms with Crippen LogP contribution in [0, 0.1) is 0 Å². The van der Waals surface area contributed by atoms with Gasteiger partial charge < -0.3 is 19.3 Å². The van der Waals surface area contributed by atoms with Crippen molar-refractivity contribution >= 4 is 11.8 Å². The number of nitrogens with one attached hydrogen (secondary N) is 2. The normalized spacial score (nSPS) is 11.1. The summed E-state index contributed by atoms with van der Waals surface area (Å²) >= 11 is 0. The smallest absolute Gasteiger partial charge is 0.320 e. The molecule has 0 aliphatic heterocycles. The first-order chi connectivity index (χ1) is 11.8. The van der Waals surface area contributed by atoms with Gasteiger partial charge in [-0.2, -0.15) is 0 Å². The maximum atomic E-state index is 11.9. The van der Waals surface area contributed by atoms with Crippen molar-refractivity contribution < 1.29 is 18.8 Å². The van der Waals surface area contributed by atoms with Gasteiger partial charge in [0.05, 0.1) is 14.2 Å². The second kappa shape index (κ2) is 7.92. The van der Waals surface area contributed by atoms with Gasteiger partial charge in [-0.15, -0.1) is 0 Å². The van der Waals surface area contributed by atoms with Gasteiger partial charge >= 0.3 is 6.03 Å². The monoisotopic (exact) mass is 347 g/mol. The fourth-order valence-corrected chi connectivity index (χ4v) is 2.20. The van der Waals surface area contributed by atoms with Crippen molar-refractivity contribution in [3.05, 3.63) is 35.6 Å². The van der Waals surface area contributed by atoms with E-state index in [1.807, 2.05) is 39.0 Å². The maximum Gasteiger partial charge on any atom is 0.320 e. The zero-order valence-corrected chi connectivity index (χ0v) is 15.3. The van der Waals surface area contributed by atoms with E-state index < -0.39 is 0 Å². The summed E-state index contributed by atoms with van der Waals surface area (Å²) in [5, 5.41) is 9.31. The number of aromatic nitrogens is 1. The number of anilines is 1. The third-order valence-corrected chi connectivity index (χ3v) is 3.64. The van der Waals surface area contributed by atoms with E-state index in [0.29, 0.717) is 36.0 Å². The average Bonchev–Trinajstić information content (AvgIpc) is 3.03. The van der Waals surface area contributed by atoms with Crippen LogP contribution in [-0.2, 0) is 11.8 Å². The van der Waals surface area contributed by atoms with Crippen molar-refractivity contribution in [1.82, 2.24) is 10.5 Å². The lowest BCUT2D eigenvalue weighted by Gasteiger charge is -2.12. The number of nitrogens with zero attached hydrogens (tertiary/aromatic N) is 1. The molecule has 1 heterocycles. The molecule has 0 unspecified atom stereocenters. The Morgan fingerprint density at radius 3 is 2.48 bits per heavy atom. The van der Waals surface area contributed by atoms with Crippen molar-refractivity contribution in [2.45, 2.75) is 32.6 Å². The summed E-state index contributed by atoms with van der Waals surface area (Å²) < 4.78 is 15.7. The molecule has 136 valence electrons. The first-order valence-electron chi connectivity index (χ1n) is 8.06. The number of methoxy groups -OCH3 is 2. The second-order valence-corrected chi connectivity index (χ2v) is 6.65. The topological polar surface area (TPSA) is 85.6 Å². The third kappa shape index (κ3) is 5.14. The lowest BCUT2D eigenvalue weighted by atomic mass is 9.93. The van der Waals surface area contributed by atoms with E-state index in [4.69, 9.17) is 14.0 Å². The predicted octanol–water partition coefficient (Wildman–Crippen LogP) is 3.35. The molecule has 1 aromatic carbocycles. The largest absolute Gasteiger partial charge is 0.493 e. The number of benzene rings is 1. The second-order valence-electron chi connectivity index (χ2n) is 6.65. The van der Waals surface area contributed by atoms with Gasteiger partial charge in [0.1, 0.15) is 5.76 Å². The highest BCUT2D eigenvalue weighted by molar-refractivity contribution is 5.88. The summed E-state index contributed by atoms with van der Waals surface area (Å²) in [6.45, 7) is 6.52. The van der Waals surface area contributed by atoms with Gasteiger partial charge in [0, 0.05) is 18.0 Å². The first-order valence-corrected chi connectivity index (χ1v) is 8.06. The fraction of sp³-hybridized carbons (Fsp3) is 0.444. The van der Waals surface area contributed by atoms with Crippen LogP contribution >= 0.6 is 0 Å². The molecule has 0 aliphatic carbocycles. The molecular formula is C18H25N3O4. The molecule has 0 saturated heterocycles. The van der Waals surface area contributed by atoms with Gasteiger partial charge in [-0.3, -0.25) is 5.32 Å². The van der Waals surface area contributed by atoms with E-state index >= 15 is 0 Å². The zero-order chi connectivity index (χ0) is 18.4. The zero-order valence-electron chi connectivity index (χ0n) is 15.3. The summed E-state index contributed by atoms with van der Waals surface area (Å²) in [5.41, 5.74) is 0.881. The maximum absolute atomic E-state index is 11.9. The minimum atomic E-state index is -0.325. The number of carbonyl (C=O) groups is 1. The van der Waals surface area contributed by atoms with Crippen molar-refractivity contribution in [3.63, 3.8) is 0 Å². The Morgan fingerprint density at radius 1 is 1.16 bits per heavy atom. The standard InChI is InChI=1S/C18H25N3O4/c1-18(2,3)15-11-16(21-25-15)20-17(22)19-9-8-12-6-7-13(23-4)14(10-12)24-5/h6-7,10-11H,8-9H2,1-5H3,(H2,19,20,21,22). The first kappa shape index (κ1) is 18.6. The molecule has 25 heavy (non-hydrogen) atoms. The van der Waals surface area contributed by atoms with Crippen LogP contribution in [0.3, 0.4) is 0 Å². The summed E-state index contributed by atoms with van der Waals surface area (Å²) in [6.07, 6.45) is 0.666. The highest BCUT2D eigenvalue weighted by atomic mass is 16.5. The predicted molar refractivity (Wildman–Crippen MR) is 95.5 cm³/mol. The molecule has 0 fully saturated rings. The quantitative estimate of drug-likeness (QED) is 0.837. The highest BCUT2D eigenvalue weighted by Crippen LogP contribution is 2.27. The van der Waals surface area contributed by atoms with Crippen LogP contribution in [0.2, 0.25) is 0 Å². The molecule has 0 saturated carbocycles. The Kier molecular flexibility index (Phi) is 5.90. The summed E-state index contributed by atoms with van der Waals surface area (Å²) in [4.78, 5) is 11.9. The van der Waals surface area contributed by atoms with E-state index in [9.17, 15) is 4.79 Å². The molecule has 7 heteroatoms. The summed E-state index contributed by atoms with van der Waals surface area (Å²) in [5.74, 6) is 2.46. The number of rotatable bonds is 6. The van der Waals surface area contributed by atoms with Crippen LogP contribution in [0.5, 0.6) is 11.5 Å². The van der Waals surface area contributed by atoms with Gasteiger partial charge in [0.2, 0.25) is 0 Å². The van der Waals surface area contributed by atoms with Crippen LogP contribution in [0.4, 0.5) is 10.6 Å². The summed E-state index contributed by atoms with van der Waals surface area (Å²) in [6, 6.07) is 7.08. The highest BCUT2D eigenvalue weighted by Gasteiger charge is 2.20. The number of hydrogen-bond donors (Lipinski definition) is 2. The van der Waals surface area contributed by atoms with Crippen LogP contribution in [0.1, 0.15) is 32.1 Å². The molecule has 2 amide bonds. The van der Waals surface area contributed by atoms with Crippen molar-refractivity contribution in [1.29, 1.82) is 0 Å². The van der Waals surface area contributed by atoms with Crippen molar-refractivity contribution in [2.75, 3.05) is 26.1 Å². The number of hydrogen-bond acceptors (Lipinski definition) is 5. The van der Waals surface area contributed by atoms with Crippen molar-refractivity contribution in [2.24, 2.45) is 0 Å². The third-order valence-electron chi connectivity index (χ3n) is 3.64. The number of carbonyl (C=O) groups excluding carboxylic acids is 1. The Balaban J connectivity index is 1.83. The molecular weight excluding hydrogens is 322 g/mol. The van der Waals surface area contributed by atoms with E-state index in [2.05, 4.69) is 15.8 Å². The van der Waals surface area contributed by atoms with E-state index in [1.165, 1.54) is 0 Å². The van der Waals surface area contributed by atoms with E-state index in [0.717, 1.165) is 5.56 Å². The van der Waals surface area contributed by atoms with Crippen LogP contribution in [0.15, 0.2) is 28.8 Å². The molecule has 2 N–H and O–H groups in total. The molecule has 0 bridgehead atoms. The molecule has 0 atom stereocenters. The molecule has 0 spiro atoms. The van der Waals surface area contributed by atoms with Crippen LogP contribution < -0.4 is 20.1 Å². The van der Waals surface area contributed by atoms with E-state index in [1.54, 1.807) is 20.3 Å². The minimum absolute atomic E-state index is 0.156. The van der Waals surface area contributed by atoms with Crippen LogP contribution in [0.25, 0.3) is 0 Å². The molecule has 7 nitrogen and oxygen atoms in total. The minimum Gasteiger partial charge on any atom is -0.493 e. The Hall–Kier alpha value is -2.70. The van der Waals surface area contributed by atoms with Crippen LogP contribution in [-0.4, -0.2) is 32.0 Å². The molecule has 2 rings (SSSR count). The number of ether oxygens (including phenoxy) is 2. The fourth-order valence-electron chi connectivity index (χ4n) is 2.20. The molecule has 0 radical (unpaired) electrons. The Morgan fingerprint density at radius 2 is 1.88 bits per heavy atom. The Bertz CT molecular complexity index is 719. The van der Waals surface area contributed by atoms with Gasteiger partial charge in [-0.1, -0.05) is 32.0 Å². The summed E-state index contributed by atoms with van der Waals surface area (Å²) in [7, 11) is 3.19. The molecule has 2 aromatic rings. The SMILES string of the molecule is COc1ccc(CCNC(=O)Nc2cc(C(C)(C)C)on2)cc1OC. The number of amides is 2. The lowest BCUT2D eigenvalue weighted by Crippen LogP contribution is -2.30. The van der Waals surface area contributed by atoms with Gasteiger partial charge in [0.15, 0.2) is 17.3 Å².